The summed E-state index contributed by atoms with van der Waals surface area (Å²) in [5.74, 6) is -0.857. The first-order chi connectivity index (χ1) is 15.1. The summed E-state index contributed by atoms with van der Waals surface area (Å²) in [5.41, 5.74) is 2.11. The van der Waals surface area contributed by atoms with E-state index in [4.69, 9.17) is 9.15 Å². The third-order valence-electron chi connectivity index (χ3n) is 5.32. The Morgan fingerprint density at radius 2 is 2.13 bits per heavy atom. The molecule has 0 unspecified atom stereocenters. The molecule has 0 atom stereocenters. The molecule has 31 heavy (non-hydrogen) atoms. The molecule has 1 amide bonds. The van der Waals surface area contributed by atoms with Gasteiger partial charge in [0.2, 0.25) is 11.5 Å². The highest BCUT2D eigenvalue weighted by Gasteiger charge is 2.28. The fraction of sp³-hybridized carbons (Fsp3) is 0.273. The Hall–Kier alpha value is -3.46. The smallest absolute Gasteiger partial charge is 0.341 e. The summed E-state index contributed by atoms with van der Waals surface area (Å²) in [6.07, 6.45) is 4.00. The van der Waals surface area contributed by atoms with Gasteiger partial charge in [0.05, 0.1) is 18.5 Å². The van der Waals surface area contributed by atoms with Crippen LogP contribution >= 0.6 is 11.3 Å². The van der Waals surface area contributed by atoms with Gasteiger partial charge >= 0.3 is 5.97 Å². The van der Waals surface area contributed by atoms with Crippen LogP contribution in [0.5, 0.6) is 0 Å². The van der Waals surface area contributed by atoms with Crippen LogP contribution in [0, 0.1) is 0 Å². The number of para-hydroxylation sites is 1. The van der Waals surface area contributed by atoms with E-state index in [0.717, 1.165) is 35.1 Å². The Morgan fingerprint density at radius 1 is 1.29 bits per heavy atom. The predicted molar refractivity (Wildman–Crippen MR) is 117 cm³/mol. The largest absolute Gasteiger partial charge is 0.462 e. The number of esters is 1. The molecule has 1 aliphatic rings. The van der Waals surface area contributed by atoms with Crippen molar-refractivity contribution in [2.45, 2.75) is 32.7 Å². The van der Waals surface area contributed by atoms with Crippen molar-refractivity contribution >= 4 is 50.3 Å². The topological polar surface area (TPSA) is 103 Å². The molecular weight excluding hydrogens is 418 g/mol. The van der Waals surface area contributed by atoms with Crippen LogP contribution in [0.3, 0.4) is 0 Å². The highest BCUT2D eigenvalue weighted by atomic mass is 32.1. The van der Waals surface area contributed by atoms with E-state index < -0.39 is 17.4 Å². The van der Waals surface area contributed by atoms with E-state index in [1.165, 1.54) is 22.2 Å². The highest BCUT2D eigenvalue weighted by molar-refractivity contribution is 7.17. The number of benzene rings is 1. The number of anilines is 1. The second-order valence-electron chi connectivity index (χ2n) is 7.28. The third kappa shape index (κ3) is 3.31. The minimum Gasteiger partial charge on any atom is -0.462 e. The second kappa shape index (κ2) is 7.66. The minimum absolute atomic E-state index is 0.110. The zero-order valence-electron chi connectivity index (χ0n) is 16.8. The van der Waals surface area contributed by atoms with E-state index in [9.17, 15) is 14.4 Å². The van der Waals surface area contributed by atoms with Gasteiger partial charge in [-0.25, -0.2) is 9.78 Å². The zero-order valence-corrected chi connectivity index (χ0v) is 17.6. The van der Waals surface area contributed by atoms with E-state index in [1.54, 1.807) is 13.0 Å². The lowest BCUT2D eigenvalue weighted by atomic mass is 10.1. The first-order valence-corrected chi connectivity index (χ1v) is 10.9. The average molecular weight is 437 g/mol. The standard InChI is InChI=1S/C22H19N3O5S/c1-2-29-22(28)17-13-7-5-9-15(13)31-20(17)24-16(26)10-25-11-23-18-12-6-3-4-8-14(12)30-19(18)21(25)27/h3-4,6,8,11H,2,5,7,9-10H2,1H3,(H,24,26). The molecule has 8 nitrogen and oxygen atoms in total. The van der Waals surface area contributed by atoms with Crippen LogP contribution in [0.4, 0.5) is 5.00 Å². The van der Waals surface area contributed by atoms with E-state index >= 15 is 0 Å². The Labute approximate surface area is 180 Å². The van der Waals surface area contributed by atoms with Crippen LogP contribution < -0.4 is 10.9 Å². The third-order valence-corrected chi connectivity index (χ3v) is 6.53. The number of carbonyl (C=O) groups excluding carboxylic acids is 2. The molecule has 1 aromatic carbocycles. The Bertz CT molecular complexity index is 1400. The maximum absolute atomic E-state index is 12.8. The number of thiophene rings is 1. The summed E-state index contributed by atoms with van der Waals surface area (Å²) >= 11 is 1.40. The molecule has 5 rings (SSSR count). The lowest BCUT2D eigenvalue weighted by Crippen LogP contribution is -2.28. The number of rotatable bonds is 5. The van der Waals surface area contributed by atoms with Crippen LogP contribution in [0.2, 0.25) is 0 Å². The molecule has 158 valence electrons. The average Bonchev–Trinajstić information content (AvgIpc) is 3.43. The zero-order chi connectivity index (χ0) is 21.5. The van der Waals surface area contributed by atoms with Crippen LogP contribution in [-0.4, -0.2) is 28.0 Å². The van der Waals surface area contributed by atoms with Crippen molar-refractivity contribution in [1.82, 2.24) is 9.55 Å². The molecule has 0 aliphatic heterocycles. The van der Waals surface area contributed by atoms with E-state index in [2.05, 4.69) is 10.3 Å². The molecule has 3 heterocycles. The van der Waals surface area contributed by atoms with Gasteiger partial charge < -0.3 is 14.5 Å². The highest BCUT2D eigenvalue weighted by Crippen LogP contribution is 2.39. The molecule has 4 aromatic rings. The molecule has 1 aliphatic carbocycles. The van der Waals surface area contributed by atoms with Crippen LogP contribution in [0.15, 0.2) is 39.8 Å². The summed E-state index contributed by atoms with van der Waals surface area (Å²) < 4.78 is 12.0. The number of nitrogens with one attached hydrogen (secondary N) is 1. The van der Waals surface area contributed by atoms with Gasteiger partial charge in [0, 0.05) is 10.3 Å². The van der Waals surface area contributed by atoms with Gasteiger partial charge in [-0.2, -0.15) is 0 Å². The molecule has 1 N–H and O–H groups in total. The van der Waals surface area contributed by atoms with Crippen molar-refractivity contribution in [2.75, 3.05) is 11.9 Å². The quantitative estimate of drug-likeness (QED) is 0.479. The molecular formula is C22H19N3O5S. The number of aryl methyl sites for hydroxylation is 1. The van der Waals surface area contributed by atoms with E-state index in [-0.39, 0.29) is 18.7 Å². The van der Waals surface area contributed by atoms with Crippen molar-refractivity contribution in [3.05, 3.63) is 57.0 Å². The van der Waals surface area contributed by atoms with Gasteiger partial charge in [-0.05, 0) is 43.9 Å². The van der Waals surface area contributed by atoms with Crippen molar-refractivity contribution < 1.29 is 18.7 Å². The monoisotopic (exact) mass is 437 g/mol. The number of fused-ring (bicyclic) bond motifs is 4. The number of aromatic nitrogens is 2. The van der Waals surface area contributed by atoms with Gasteiger partial charge in [-0.1, -0.05) is 12.1 Å². The summed E-state index contributed by atoms with van der Waals surface area (Å²) in [7, 11) is 0. The fourth-order valence-electron chi connectivity index (χ4n) is 3.96. The minimum atomic E-state index is -0.435. The Morgan fingerprint density at radius 3 is 2.97 bits per heavy atom. The number of carbonyl (C=O) groups is 2. The number of nitrogens with zero attached hydrogens (tertiary/aromatic N) is 2. The SMILES string of the molecule is CCOC(=O)c1c(NC(=O)Cn2cnc3c(oc4ccccc43)c2=O)sc2c1CCC2. The predicted octanol–water partition coefficient (Wildman–Crippen LogP) is 3.51. The molecule has 0 saturated heterocycles. The lowest BCUT2D eigenvalue weighted by molar-refractivity contribution is -0.116. The summed E-state index contributed by atoms with van der Waals surface area (Å²) in [4.78, 5) is 43.4. The maximum Gasteiger partial charge on any atom is 0.341 e. The Kier molecular flexibility index (Phi) is 4.82. The first kappa shape index (κ1) is 19.5. The molecule has 3 aromatic heterocycles. The number of furan rings is 1. The van der Waals surface area contributed by atoms with E-state index in [0.29, 0.717) is 21.7 Å². The summed E-state index contributed by atoms with van der Waals surface area (Å²) in [6.45, 7) is 1.76. The molecule has 0 bridgehead atoms. The second-order valence-corrected chi connectivity index (χ2v) is 8.39. The van der Waals surface area contributed by atoms with Gasteiger partial charge in [0.1, 0.15) is 22.6 Å². The van der Waals surface area contributed by atoms with Gasteiger partial charge in [-0.15, -0.1) is 11.3 Å². The molecule has 0 fully saturated rings. The van der Waals surface area contributed by atoms with Crippen LogP contribution in [-0.2, 0) is 28.9 Å². The van der Waals surface area contributed by atoms with Crippen LogP contribution in [0.25, 0.3) is 22.1 Å². The van der Waals surface area contributed by atoms with Gasteiger partial charge in [0.25, 0.3) is 5.56 Å². The lowest BCUT2D eigenvalue weighted by Gasteiger charge is -2.09. The Balaban J connectivity index is 1.43. The van der Waals surface area contributed by atoms with Crippen molar-refractivity contribution in [1.29, 1.82) is 0 Å². The molecule has 0 spiro atoms. The molecule has 9 heteroatoms. The van der Waals surface area contributed by atoms with Gasteiger partial charge in [-0.3, -0.25) is 14.2 Å². The number of hydrogen-bond acceptors (Lipinski definition) is 7. The van der Waals surface area contributed by atoms with Gasteiger partial charge in [0.15, 0.2) is 0 Å². The molecule has 0 radical (unpaired) electrons. The van der Waals surface area contributed by atoms with E-state index in [1.807, 2.05) is 18.2 Å². The normalized spacial score (nSPS) is 12.9. The maximum atomic E-state index is 12.8. The number of hydrogen-bond donors (Lipinski definition) is 1. The number of ether oxygens (including phenoxy) is 1. The number of amides is 1. The summed E-state index contributed by atoms with van der Waals surface area (Å²) in [5, 5.41) is 4.01. The molecule has 0 saturated carbocycles. The van der Waals surface area contributed by atoms with Crippen LogP contribution in [0.1, 0.15) is 34.1 Å². The summed E-state index contributed by atoms with van der Waals surface area (Å²) in [6, 6.07) is 7.26. The van der Waals surface area contributed by atoms with Crippen molar-refractivity contribution in [2.24, 2.45) is 0 Å². The van der Waals surface area contributed by atoms with Crippen molar-refractivity contribution in [3.63, 3.8) is 0 Å². The fourth-order valence-corrected chi connectivity index (χ4v) is 5.25. The first-order valence-electron chi connectivity index (χ1n) is 10.0. The van der Waals surface area contributed by atoms with Crippen molar-refractivity contribution in [3.8, 4) is 0 Å².